The zero-order valence-corrected chi connectivity index (χ0v) is 14.8. The Balaban J connectivity index is 3.19. The summed E-state index contributed by atoms with van der Waals surface area (Å²) >= 11 is 0. The lowest BCUT2D eigenvalue weighted by atomic mass is 9.59. The van der Waals surface area contributed by atoms with E-state index in [1.807, 2.05) is 0 Å². The maximum atomic E-state index is 11.7. The number of rotatable bonds is 9. The van der Waals surface area contributed by atoms with Crippen LogP contribution in [0, 0.1) is 5.41 Å². The van der Waals surface area contributed by atoms with E-state index in [9.17, 15) is 14.4 Å². The van der Waals surface area contributed by atoms with Crippen LogP contribution in [0.25, 0.3) is 0 Å². The molecular weight excluding hydrogens is 287 g/mol. The molecule has 0 aromatic carbocycles. The van der Waals surface area contributed by atoms with Crippen LogP contribution in [-0.2, 0) is 9.09 Å². The minimum atomic E-state index is -4.48. The summed E-state index contributed by atoms with van der Waals surface area (Å²) in [6.07, 6.45) is 10.9. The number of hydrogen-bond acceptors (Lipinski definition) is 2. The second-order valence-corrected chi connectivity index (χ2v) is 7.79. The molecule has 21 heavy (non-hydrogen) atoms. The zero-order valence-electron chi connectivity index (χ0n) is 13.9. The Morgan fingerprint density at radius 1 is 1.05 bits per heavy atom. The van der Waals surface area contributed by atoms with Crippen LogP contribution in [0.3, 0.4) is 0 Å². The van der Waals surface area contributed by atoms with Gasteiger partial charge in [0.1, 0.15) is 0 Å². The summed E-state index contributed by atoms with van der Waals surface area (Å²) in [5.41, 5.74) is -0.733. The second kappa shape index (κ2) is 8.10. The molecule has 5 heteroatoms. The van der Waals surface area contributed by atoms with Gasteiger partial charge in [0.25, 0.3) is 0 Å². The van der Waals surface area contributed by atoms with Crippen molar-refractivity contribution in [3.05, 3.63) is 0 Å². The highest BCUT2D eigenvalue weighted by atomic mass is 31.2. The van der Waals surface area contributed by atoms with Gasteiger partial charge in [0, 0.05) is 0 Å². The van der Waals surface area contributed by atoms with Crippen LogP contribution in [0.1, 0.15) is 91.4 Å². The summed E-state index contributed by atoms with van der Waals surface area (Å²) in [5.74, 6) is 0. The zero-order chi connectivity index (χ0) is 16.0. The van der Waals surface area contributed by atoms with Gasteiger partial charge in [-0.05, 0) is 37.5 Å². The largest absolute Gasteiger partial charge is 0.470 e. The van der Waals surface area contributed by atoms with Gasteiger partial charge < -0.3 is 9.79 Å². The predicted octanol–water partition coefficient (Wildman–Crippen LogP) is 5.19. The van der Waals surface area contributed by atoms with E-state index in [2.05, 4.69) is 20.8 Å². The van der Waals surface area contributed by atoms with E-state index in [0.717, 1.165) is 64.2 Å². The first-order chi connectivity index (χ1) is 9.85. The van der Waals surface area contributed by atoms with Gasteiger partial charge in [-0.1, -0.05) is 59.3 Å². The van der Waals surface area contributed by atoms with Gasteiger partial charge in [-0.3, -0.25) is 4.52 Å². The van der Waals surface area contributed by atoms with Crippen LogP contribution >= 0.6 is 7.82 Å². The third-order valence-electron chi connectivity index (χ3n) is 5.34. The molecule has 0 spiro atoms. The molecule has 0 heterocycles. The third-order valence-corrected chi connectivity index (χ3v) is 5.92. The average Bonchev–Trinajstić information content (AvgIpc) is 2.44. The quantitative estimate of drug-likeness (QED) is 0.574. The maximum absolute atomic E-state index is 11.7. The minimum Gasteiger partial charge on any atom is -0.303 e. The van der Waals surface area contributed by atoms with E-state index in [1.165, 1.54) is 6.42 Å². The molecule has 2 N–H and O–H groups in total. The lowest BCUT2D eigenvalue weighted by molar-refractivity contribution is -0.111. The van der Waals surface area contributed by atoms with Crippen LogP contribution in [0.15, 0.2) is 0 Å². The third kappa shape index (κ3) is 4.79. The molecule has 1 saturated carbocycles. The van der Waals surface area contributed by atoms with Crippen LogP contribution in [0.5, 0.6) is 0 Å². The minimum absolute atomic E-state index is 0.0719. The van der Waals surface area contributed by atoms with Gasteiger partial charge >= 0.3 is 7.82 Å². The molecule has 0 amide bonds. The molecule has 0 aromatic heterocycles. The average molecular weight is 320 g/mol. The van der Waals surface area contributed by atoms with Crippen LogP contribution in [0.2, 0.25) is 0 Å². The number of hydrogen-bond donors (Lipinski definition) is 2. The summed E-state index contributed by atoms with van der Waals surface area (Å²) in [5, 5.41) is 0. The highest BCUT2D eigenvalue weighted by Crippen LogP contribution is 2.58. The first-order valence-corrected chi connectivity index (χ1v) is 10.1. The van der Waals surface area contributed by atoms with Crippen LogP contribution in [-0.4, -0.2) is 15.4 Å². The molecule has 0 saturated heterocycles. The van der Waals surface area contributed by atoms with Crippen molar-refractivity contribution in [1.82, 2.24) is 0 Å². The summed E-state index contributed by atoms with van der Waals surface area (Å²) < 4.78 is 17.2. The van der Waals surface area contributed by atoms with E-state index in [4.69, 9.17) is 4.52 Å². The van der Waals surface area contributed by atoms with E-state index in [1.54, 1.807) is 0 Å². The van der Waals surface area contributed by atoms with Gasteiger partial charge in [0.05, 0.1) is 5.60 Å². The summed E-state index contributed by atoms with van der Waals surface area (Å²) in [6.45, 7) is 6.36. The van der Waals surface area contributed by atoms with E-state index in [0.29, 0.717) is 0 Å². The smallest absolute Gasteiger partial charge is 0.303 e. The summed E-state index contributed by atoms with van der Waals surface area (Å²) in [7, 11) is -4.48. The highest BCUT2D eigenvalue weighted by molar-refractivity contribution is 7.46. The SMILES string of the molecule is CCCCC(CCC)(OP(=O)(O)O)C1(CC)CCCCC1. The van der Waals surface area contributed by atoms with Crippen molar-refractivity contribution in [3.8, 4) is 0 Å². The Morgan fingerprint density at radius 3 is 2.10 bits per heavy atom. The van der Waals surface area contributed by atoms with Crippen molar-refractivity contribution in [2.75, 3.05) is 0 Å². The fourth-order valence-electron chi connectivity index (χ4n) is 4.30. The van der Waals surface area contributed by atoms with Gasteiger partial charge in [-0.15, -0.1) is 0 Å². The molecule has 1 fully saturated rings. The second-order valence-electron chi connectivity index (χ2n) is 6.62. The molecule has 0 radical (unpaired) electrons. The molecule has 0 aliphatic heterocycles. The molecule has 126 valence electrons. The molecule has 1 rings (SSSR count). The van der Waals surface area contributed by atoms with E-state index in [-0.39, 0.29) is 5.41 Å². The predicted molar refractivity (Wildman–Crippen MR) is 86.1 cm³/mol. The monoisotopic (exact) mass is 320 g/mol. The maximum Gasteiger partial charge on any atom is 0.470 e. The number of phosphoric ester groups is 1. The standard InChI is InChI=1S/C16H33O4P/c1-4-7-14-16(11-5-2,20-21(17,18)19)15(6-3)12-9-8-10-13-15/h4-14H2,1-3H3,(H2,17,18,19). The topological polar surface area (TPSA) is 66.8 Å². The molecule has 0 bridgehead atoms. The molecule has 4 nitrogen and oxygen atoms in total. The Bertz CT molecular complexity index is 346. The normalized spacial score (nSPS) is 22.0. The first kappa shape index (κ1) is 19.2. The Hall–Kier alpha value is 0.110. The fourth-order valence-corrected chi connectivity index (χ4v) is 5.13. The lowest BCUT2D eigenvalue weighted by Gasteiger charge is -2.52. The van der Waals surface area contributed by atoms with Crippen molar-refractivity contribution in [2.24, 2.45) is 5.41 Å². The van der Waals surface area contributed by atoms with E-state index < -0.39 is 13.4 Å². The fraction of sp³-hybridized carbons (Fsp3) is 1.00. The molecule has 1 atom stereocenters. The van der Waals surface area contributed by atoms with Crippen LogP contribution in [0.4, 0.5) is 0 Å². The Morgan fingerprint density at radius 2 is 1.67 bits per heavy atom. The van der Waals surface area contributed by atoms with E-state index >= 15 is 0 Å². The molecule has 1 unspecified atom stereocenters. The first-order valence-electron chi connectivity index (χ1n) is 8.61. The van der Waals surface area contributed by atoms with Crippen molar-refractivity contribution in [2.45, 2.75) is 97.0 Å². The van der Waals surface area contributed by atoms with Gasteiger partial charge in [-0.2, -0.15) is 0 Å². The molecule has 1 aliphatic carbocycles. The van der Waals surface area contributed by atoms with Crippen LogP contribution < -0.4 is 0 Å². The Kier molecular flexibility index (Phi) is 7.39. The van der Waals surface area contributed by atoms with Gasteiger partial charge in [-0.25, -0.2) is 4.57 Å². The van der Waals surface area contributed by atoms with Crippen molar-refractivity contribution < 1.29 is 18.9 Å². The molecular formula is C16H33O4P. The Labute approximate surface area is 129 Å². The van der Waals surface area contributed by atoms with Gasteiger partial charge in [0.15, 0.2) is 0 Å². The number of unbranched alkanes of at least 4 members (excludes halogenated alkanes) is 1. The molecule has 0 aromatic rings. The summed E-state index contributed by atoms with van der Waals surface area (Å²) in [4.78, 5) is 19.0. The van der Waals surface area contributed by atoms with Crippen molar-refractivity contribution >= 4 is 7.82 Å². The lowest BCUT2D eigenvalue weighted by Crippen LogP contribution is -2.50. The van der Waals surface area contributed by atoms with Crippen molar-refractivity contribution in [1.29, 1.82) is 0 Å². The highest BCUT2D eigenvalue weighted by Gasteiger charge is 2.53. The summed E-state index contributed by atoms with van der Waals surface area (Å²) in [6, 6.07) is 0. The van der Waals surface area contributed by atoms with Gasteiger partial charge in [0.2, 0.25) is 0 Å². The number of phosphoric acid groups is 1. The molecule has 1 aliphatic rings. The van der Waals surface area contributed by atoms with Crippen molar-refractivity contribution in [3.63, 3.8) is 0 Å².